The van der Waals surface area contributed by atoms with Crippen molar-refractivity contribution in [1.29, 1.82) is 0 Å². The Balaban J connectivity index is 1.60. The summed E-state index contributed by atoms with van der Waals surface area (Å²) >= 11 is 3.68. The topological polar surface area (TPSA) is 25.8 Å². The van der Waals surface area contributed by atoms with Crippen molar-refractivity contribution in [2.45, 2.75) is 0 Å². The van der Waals surface area contributed by atoms with Gasteiger partial charge in [0.2, 0.25) is 0 Å². The minimum atomic E-state index is 0.926. The summed E-state index contributed by atoms with van der Waals surface area (Å²) in [7, 11) is 0. The molecule has 0 atom stereocenters. The Bertz CT molecular complexity index is 1850. The van der Waals surface area contributed by atoms with Crippen molar-refractivity contribution in [3.8, 4) is 0 Å². The van der Waals surface area contributed by atoms with Crippen LogP contribution in [0.1, 0.15) is 0 Å². The fraction of sp³-hybridized carbons (Fsp3) is 0. The third kappa shape index (κ3) is 2.50. The second kappa shape index (κ2) is 6.22. The van der Waals surface area contributed by atoms with Crippen LogP contribution in [0, 0.1) is 0 Å². The number of benzene rings is 6. The van der Waals surface area contributed by atoms with Crippen LogP contribution >= 0.6 is 15.9 Å². The second-order valence-electron chi connectivity index (χ2n) is 8.05. The lowest BCUT2D eigenvalue weighted by Gasteiger charge is -2.10. The molecule has 0 N–H and O–H groups in total. The normalized spacial score (nSPS) is 12.0. The van der Waals surface area contributed by atoms with Gasteiger partial charge in [-0.3, -0.25) is 0 Å². The summed E-state index contributed by atoms with van der Waals surface area (Å²) in [6.07, 6.45) is 0. The first-order valence-electron chi connectivity index (χ1n) is 10.3. The maximum Gasteiger partial charge on any atom is 0.0973 e. The van der Waals surface area contributed by atoms with Crippen LogP contribution in [0.5, 0.6) is 0 Å². The van der Waals surface area contributed by atoms with Gasteiger partial charge >= 0.3 is 0 Å². The molecule has 144 valence electrons. The van der Waals surface area contributed by atoms with E-state index in [4.69, 9.17) is 9.97 Å². The predicted octanol–water partition coefficient (Wildman–Crippen LogP) is 8.16. The van der Waals surface area contributed by atoms with Gasteiger partial charge in [-0.05, 0) is 74.8 Å². The molecule has 0 saturated carbocycles. The summed E-state index contributed by atoms with van der Waals surface area (Å²) in [5.41, 5.74) is 3.76. The molecule has 0 aliphatic rings. The van der Waals surface area contributed by atoms with E-state index in [1.54, 1.807) is 0 Å². The maximum absolute atomic E-state index is 5.09. The van der Waals surface area contributed by atoms with E-state index >= 15 is 0 Å². The lowest BCUT2D eigenvalue weighted by molar-refractivity contribution is 1.42. The van der Waals surface area contributed by atoms with E-state index in [0.29, 0.717) is 0 Å². The van der Waals surface area contributed by atoms with Gasteiger partial charge in [0.05, 0.1) is 22.1 Å². The van der Waals surface area contributed by atoms with Gasteiger partial charge < -0.3 is 0 Å². The predicted molar refractivity (Wildman–Crippen MR) is 135 cm³/mol. The molecule has 1 heterocycles. The highest BCUT2D eigenvalue weighted by molar-refractivity contribution is 9.10. The van der Waals surface area contributed by atoms with Gasteiger partial charge in [-0.25, -0.2) is 9.97 Å². The third-order valence-electron chi connectivity index (χ3n) is 6.22. The van der Waals surface area contributed by atoms with E-state index in [9.17, 15) is 0 Å². The molecule has 7 rings (SSSR count). The van der Waals surface area contributed by atoms with Gasteiger partial charge in [0, 0.05) is 15.2 Å². The highest BCUT2D eigenvalue weighted by Gasteiger charge is 2.11. The van der Waals surface area contributed by atoms with Crippen molar-refractivity contribution in [3.63, 3.8) is 0 Å². The van der Waals surface area contributed by atoms with E-state index in [1.807, 2.05) is 0 Å². The van der Waals surface area contributed by atoms with Crippen LogP contribution in [-0.4, -0.2) is 9.97 Å². The Morgan fingerprint density at radius 3 is 1.68 bits per heavy atom. The molecule has 0 unspecified atom stereocenters. The van der Waals surface area contributed by atoms with Crippen molar-refractivity contribution in [2.24, 2.45) is 0 Å². The molecule has 0 fully saturated rings. The Morgan fingerprint density at radius 2 is 0.968 bits per heavy atom. The number of hydrogen-bond donors (Lipinski definition) is 0. The Hall–Kier alpha value is -3.56. The standard InChI is InChI=1S/C28H15BrN2/c29-24-7-3-6-18-15-23-20(14-21(18)24)9-11-26-28(23)31-25-10-8-19-12-16-4-1-2-5-17(16)13-22(19)27(25)30-26/h1-15H. The van der Waals surface area contributed by atoms with Crippen molar-refractivity contribution in [2.75, 3.05) is 0 Å². The van der Waals surface area contributed by atoms with Crippen LogP contribution in [0.2, 0.25) is 0 Å². The molecule has 0 aliphatic carbocycles. The molecule has 3 heteroatoms. The van der Waals surface area contributed by atoms with Crippen molar-refractivity contribution < 1.29 is 0 Å². The molecule has 0 saturated heterocycles. The number of nitrogens with zero attached hydrogens (tertiary/aromatic N) is 2. The molecule has 6 aromatic carbocycles. The molecule has 0 aliphatic heterocycles. The van der Waals surface area contributed by atoms with E-state index in [1.165, 1.54) is 32.3 Å². The first-order chi connectivity index (χ1) is 15.2. The van der Waals surface area contributed by atoms with E-state index in [0.717, 1.165) is 37.3 Å². The molecule has 0 spiro atoms. The van der Waals surface area contributed by atoms with Gasteiger partial charge in [0.25, 0.3) is 0 Å². The smallest absolute Gasteiger partial charge is 0.0973 e. The van der Waals surface area contributed by atoms with Crippen LogP contribution in [0.15, 0.2) is 95.5 Å². The molecule has 7 aromatic rings. The lowest BCUT2D eigenvalue weighted by atomic mass is 10.0. The SMILES string of the molecule is Brc1cccc2cc3c(ccc4nc5c(ccc6cc7ccccc7cc65)nc43)cc12. The fourth-order valence-electron chi connectivity index (χ4n) is 4.68. The average Bonchev–Trinajstić information content (AvgIpc) is 2.81. The first kappa shape index (κ1) is 17.2. The molecule has 0 bridgehead atoms. The van der Waals surface area contributed by atoms with Crippen molar-refractivity contribution in [1.82, 2.24) is 9.97 Å². The Labute approximate surface area is 186 Å². The number of aromatic nitrogens is 2. The zero-order valence-corrected chi connectivity index (χ0v) is 18.0. The third-order valence-corrected chi connectivity index (χ3v) is 6.91. The minimum Gasteiger partial charge on any atom is -0.244 e. The summed E-state index contributed by atoms with van der Waals surface area (Å²) in [5, 5.41) is 9.52. The monoisotopic (exact) mass is 458 g/mol. The van der Waals surface area contributed by atoms with Crippen molar-refractivity contribution in [3.05, 3.63) is 95.5 Å². The maximum atomic E-state index is 5.09. The van der Waals surface area contributed by atoms with Crippen LogP contribution in [0.3, 0.4) is 0 Å². The highest BCUT2D eigenvalue weighted by Crippen LogP contribution is 2.34. The fourth-order valence-corrected chi connectivity index (χ4v) is 5.17. The molecule has 2 nitrogen and oxygen atoms in total. The van der Waals surface area contributed by atoms with E-state index < -0.39 is 0 Å². The van der Waals surface area contributed by atoms with Crippen molar-refractivity contribution >= 4 is 81.1 Å². The number of halogens is 1. The van der Waals surface area contributed by atoms with Crippen LogP contribution in [-0.2, 0) is 0 Å². The van der Waals surface area contributed by atoms with Crippen LogP contribution < -0.4 is 0 Å². The summed E-state index contributed by atoms with van der Waals surface area (Å²) in [6.45, 7) is 0. The summed E-state index contributed by atoms with van der Waals surface area (Å²) in [4.78, 5) is 10.2. The van der Waals surface area contributed by atoms with Crippen LogP contribution in [0.4, 0.5) is 0 Å². The molecule has 1 aromatic heterocycles. The average molecular weight is 459 g/mol. The van der Waals surface area contributed by atoms with Crippen LogP contribution in [0.25, 0.3) is 65.2 Å². The zero-order chi connectivity index (χ0) is 20.5. The first-order valence-corrected chi connectivity index (χ1v) is 11.1. The minimum absolute atomic E-state index is 0.926. The van der Waals surface area contributed by atoms with Gasteiger partial charge in [0.1, 0.15) is 0 Å². The zero-order valence-electron chi connectivity index (χ0n) is 16.4. The number of rotatable bonds is 0. The Morgan fingerprint density at radius 1 is 0.452 bits per heavy atom. The van der Waals surface area contributed by atoms with Gasteiger partial charge in [-0.2, -0.15) is 0 Å². The summed E-state index contributed by atoms with van der Waals surface area (Å²) in [5.74, 6) is 0. The van der Waals surface area contributed by atoms with E-state index in [2.05, 4.69) is 107 Å². The highest BCUT2D eigenvalue weighted by atomic mass is 79.9. The molecular weight excluding hydrogens is 444 g/mol. The molecular formula is C28H15BrN2. The van der Waals surface area contributed by atoms with Gasteiger partial charge in [0.15, 0.2) is 0 Å². The molecule has 0 radical (unpaired) electrons. The molecule has 0 amide bonds. The number of hydrogen-bond acceptors (Lipinski definition) is 2. The van der Waals surface area contributed by atoms with E-state index in [-0.39, 0.29) is 0 Å². The summed E-state index contributed by atoms with van der Waals surface area (Å²) < 4.78 is 1.11. The van der Waals surface area contributed by atoms with Gasteiger partial charge in [-0.1, -0.05) is 64.5 Å². The van der Waals surface area contributed by atoms with Gasteiger partial charge in [-0.15, -0.1) is 0 Å². The molecule has 31 heavy (non-hydrogen) atoms. The largest absolute Gasteiger partial charge is 0.244 e. The number of fused-ring (bicyclic) bond motifs is 8. The lowest BCUT2D eigenvalue weighted by Crippen LogP contribution is -1.91. The summed E-state index contributed by atoms with van der Waals surface area (Å²) in [6, 6.07) is 32.2. The second-order valence-corrected chi connectivity index (χ2v) is 8.90. The Kier molecular flexibility index (Phi) is 3.44. The quantitative estimate of drug-likeness (QED) is 0.169.